The zero-order valence-corrected chi connectivity index (χ0v) is 14.6. The van der Waals surface area contributed by atoms with Crippen LogP contribution < -0.4 is 0 Å². The Balaban J connectivity index is 3.03. The summed E-state index contributed by atoms with van der Waals surface area (Å²) in [4.78, 5) is 1.95. The van der Waals surface area contributed by atoms with E-state index in [-0.39, 0.29) is 20.5 Å². The predicted molar refractivity (Wildman–Crippen MR) is 85.4 cm³/mol. The average Bonchev–Trinajstić information content (AvgIpc) is 2.38. The number of rotatable bonds is 7. The maximum Gasteiger partial charge on any atom is 0.244 e. The third-order valence-electron chi connectivity index (χ3n) is 3.08. The lowest BCUT2D eigenvalue weighted by Gasteiger charge is -2.20. The fourth-order valence-corrected chi connectivity index (χ4v) is 3.90. The molecule has 0 radical (unpaired) electrons. The van der Waals surface area contributed by atoms with E-state index in [9.17, 15) is 13.5 Å². The van der Waals surface area contributed by atoms with Gasteiger partial charge in [0.1, 0.15) is 4.90 Å². The van der Waals surface area contributed by atoms with Crippen LogP contribution in [0.5, 0.6) is 0 Å². The summed E-state index contributed by atoms with van der Waals surface area (Å²) in [6.07, 6.45) is 0.709. The van der Waals surface area contributed by atoms with E-state index in [4.69, 9.17) is 23.2 Å². The molecule has 5 nitrogen and oxygen atoms in total. The van der Waals surface area contributed by atoms with Crippen LogP contribution in [0.1, 0.15) is 12.0 Å². The zero-order valence-electron chi connectivity index (χ0n) is 12.3. The Morgan fingerprint density at radius 1 is 1.14 bits per heavy atom. The second-order valence-electron chi connectivity index (χ2n) is 4.98. The van der Waals surface area contributed by atoms with Gasteiger partial charge in [-0.2, -0.15) is 0 Å². The lowest BCUT2D eigenvalue weighted by atomic mass is 10.2. The number of halogens is 2. The predicted octanol–water partition coefficient (Wildman–Crippen LogP) is 2.06. The fourth-order valence-electron chi connectivity index (χ4n) is 1.82. The number of aliphatic hydroxyl groups is 1. The molecular weight excluding hydrogens is 335 g/mol. The van der Waals surface area contributed by atoms with E-state index in [0.717, 1.165) is 6.54 Å². The number of benzene rings is 1. The molecule has 1 rings (SSSR count). The summed E-state index contributed by atoms with van der Waals surface area (Å²) >= 11 is 12.0. The van der Waals surface area contributed by atoms with Crippen LogP contribution in [0.25, 0.3) is 0 Å². The van der Waals surface area contributed by atoms with Gasteiger partial charge in [-0.15, -0.1) is 0 Å². The largest absolute Gasteiger partial charge is 0.392 e. The molecule has 0 aliphatic rings. The normalized spacial score (nSPS) is 12.4. The van der Waals surface area contributed by atoms with Crippen molar-refractivity contribution in [2.75, 3.05) is 34.2 Å². The van der Waals surface area contributed by atoms with Crippen molar-refractivity contribution >= 4 is 33.2 Å². The lowest BCUT2D eigenvalue weighted by Crippen LogP contribution is -2.30. The minimum absolute atomic E-state index is 0.0236. The summed E-state index contributed by atoms with van der Waals surface area (Å²) in [6.45, 7) is 0.759. The third-order valence-corrected chi connectivity index (χ3v) is 5.87. The van der Waals surface area contributed by atoms with Gasteiger partial charge in [0.2, 0.25) is 10.0 Å². The molecule has 120 valence electrons. The van der Waals surface area contributed by atoms with Crippen molar-refractivity contribution in [2.24, 2.45) is 0 Å². The number of hydrogen-bond donors (Lipinski definition) is 1. The van der Waals surface area contributed by atoms with E-state index >= 15 is 0 Å². The van der Waals surface area contributed by atoms with E-state index in [0.29, 0.717) is 13.0 Å². The van der Waals surface area contributed by atoms with E-state index in [1.54, 1.807) is 0 Å². The van der Waals surface area contributed by atoms with Gasteiger partial charge in [-0.3, -0.25) is 0 Å². The number of aliphatic hydroxyl groups excluding tert-OH is 1. The molecule has 8 heteroatoms. The third kappa shape index (κ3) is 4.55. The van der Waals surface area contributed by atoms with Gasteiger partial charge in [-0.05, 0) is 39.2 Å². The lowest BCUT2D eigenvalue weighted by molar-refractivity contribution is 0.281. The summed E-state index contributed by atoms with van der Waals surface area (Å²) in [5, 5.41) is 9.47. The molecule has 0 unspecified atom stereocenters. The summed E-state index contributed by atoms with van der Waals surface area (Å²) < 4.78 is 26.3. The Kier molecular flexibility index (Phi) is 6.90. The van der Waals surface area contributed by atoms with Crippen molar-refractivity contribution in [1.82, 2.24) is 9.21 Å². The molecule has 0 aromatic heterocycles. The van der Waals surface area contributed by atoms with Crippen LogP contribution >= 0.6 is 23.2 Å². The summed E-state index contributed by atoms with van der Waals surface area (Å²) in [5.41, 5.74) is 0.223. The van der Waals surface area contributed by atoms with Gasteiger partial charge >= 0.3 is 0 Å². The zero-order chi connectivity index (χ0) is 16.2. The van der Waals surface area contributed by atoms with Crippen molar-refractivity contribution in [1.29, 1.82) is 0 Å². The first-order valence-electron chi connectivity index (χ1n) is 6.40. The molecule has 0 fully saturated rings. The topological polar surface area (TPSA) is 60.9 Å². The second kappa shape index (κ2) is 7.76. The van der Waals surface area contributed by atoms with Crippen LogP contribution in [-0.4, -0.2) is 57.0 Å². The molecule has 0 saturated carbocycles. The molecule has 0 spiro atoms. The summed E-state index contributed by atoms with van der Waals surface area (Å²) in [6, 6.07) is 2.79. The minimum Gasteiger partial charge on any atom is -0.392 e. The molecule has 0 amide bonds. The first kappa shape index (κ1) is 18.7. The van der Waals surface area contributed by atoms with Crippen molar-refractivity contribution in [3.8, 4) is 0 Å². The Bertz CT molecular complexity index is 591. The number of hydrogen-bond acceptors (Lipinski definition) is 4. The smallest absolute Gasteiger partial charge is 0.244 e. The molecule has 0 atom stereocenters. The van der Waals surface area contributed by atoms with Crippen LogP contribution in [0.15, 0.2) is 17.0 Å². The SMILES string of the molecule is CN(C)CCCN(C)S(=O)(=O)c1ccc(Cl)c(CO)c1Cl. The van der Waals surface area contributed by atoms with Crippen molar-refractivity contribution in [2.45, 2.75) is 17.9 Å². The molecule has 1 aromatic carbocycles. The Morgan fingerprint density at radius 3 is 2.29 bits per heavy atom. The first-order valence-corrected chi connectivity index (χ1v) is 8.60. The van der Waals surface area contributed by atoms with E-state index in [1.807, 2.05) is 19.0 Å². The van der Waals surface area contributed by atoms with Crippen molar-refractivity contribution in [3.63, 3.8) is 0 Å². The molecule has 0 saturated heterocycles. The highest BCUT2D eigenvalue weighted by molar-refractivity contribution is 7.89. The second-order valence-corrected chi connectivity index (χ2v) is 7.78. The maximum absolute atomic E-state index is 12.5. The summed E-state index contributed by atoms with van der Waals surface area (Å²) in [5.74, 6) is 0. The highest BCUT2D eigenvalue weighted by atomic mass is 35.5. The fraction of sp³-hybridized carbons (Fsp3) is 0.538. The molecule has 0 aliphatic heterocycles. The van der Waals surface area contributed by atoms with Gasteiger partial charge in [0.05, 0.1) is 11.6 Å². The molecule has 0 bridgehead atoms. The van der Waals surface area contributed by atoms with Crippen LogP contribution in [0, 0.1) is 0 Å². The summed E-state index contributed by atoms with van der Waals surface area (Å²) in [7, 11) is 1.66. The molecule has 1 aromatic rings. The Hall–Kier alpha value is -0.370. The minimum atomic E-state index is -3.70. The van der Waals surface area contributed by atoms with E-state index < -0.39 is 16.6 Å². The highest BCUT2D eigenvalue weighted by Crippen LogP contribution is 2.32. The van der Waals surface area contributed by atoms with Gasteiger partial charge in [-0.25, -0.2) is 12.7 Å². The van der Waals surface area contributed by atoms with Gasteiger partial charge in [0.25, 0.3) is 0 Å². The quantitative estimate of drug-likeness (QED) is 0.813. The molecule has 21 heavy (non-hydrogen) atoms. The standard InChI is InChI=1S/C13H20Cl2N2O3S/c1-16(2)7-4-8-17(3)21(19,20)12-6-5-11(14)10(9-18)13(12)15/h5-6,18H,4,7-9H2,1-3H3. The van der Waals surface area contributed by atoms with Gasteiger partial charge in [0.15, 0.2) is 0 Å². The number of sulfonamides is 1. The Labute approximate surface area is 136 Å². The van der Waals surface area contributed by atoms with Crippen LogP contribution in [0.3, 0.4) is 0 Å². The average molecular weight is 355 g/mol. The van der Waals surface area contributed by atoms with Gasteiger partial charge in [-0.1, -0.05) is 23.2 Å². The van der Waals surface area contributed by atoms with Crippen LogP contribution in [0.2, 0.25) is 10.0 Å². The monoisotopic (exact) mass is 354 g/mol. The molecule has 0 heterocycles. The maximum atomic E-state index is 12.5. The van der Waals surface area contributed by atoms with Crippen LogP contribution in [-0.2, 0) is 16.6 Å². The van der Waals surface area contributed by atoms with Crippen LogP contribution in [0.4, 0.5) is 0 Å². The number of nitrogens with zero attached hydrogens (tertiary/aromatic N) is 2. The van der Waals surface area contributed by atoms with Crippen molar-refractivity contribution in [3.05, 3.63) is 27.7 Å². The molecule has 1 N–H and O–H groups in total. The highest BCUT2D eigenvalue weighted by Gasteiger charge is 2.25. The molecule has 0 aliphatic carbocycles. The van der Waals surface area contributed by atoms with Crippen molar-refractivity contribution < 1.29 is 13.5 Å². The Morgan fingerprint density at radius 2 is 1.76 bits per heavy atom. The molecular formula is C13H20Cl2N2O3S. The first-order chi connectivity index (χ1) is 9.71. The van der Waals surface area contributed by atoms with Gasteiger partial charge in [0, 0.05) is 24.2 Å². The van der Waals surface area contributed by atoms with E-state index in [1.165, 1.54) is 23.5 Å². The van der Waals surface area contributed by atoms with Gasteiger partial charge < -0.3 is 10.0 Å². The van der Waals surface area contributed by atoms with E-state index in [2.05, 4.69) is 0 Å².